The molecule has 0 saturated heterocycles. The zero-order chi connectivity index (χ0) is 28.0. The van der Waals surface area contributed by atoms with Gasteiger partial charge in [0, 0.05) is 24.2 Å². The van der Waals surface area contributed by atoms with E-state index < -0.39 is 33.7 Å². The Labute approximate surface area is 226 Å². The van der Waals surface area contributed by atoms with Gasteiger partial charge < -0.3 is 14.6 Å². The summed E-state index contributed by atoms with van der Waals surface area (Å²) in [6, 6.07) is 21.5. The van der Waals surface area contributed by atoms with Gasteiger partial charge in [0.15, 0.2) is 5.76 Å². The molecule has 1 heterocycles. The van der Waals surface area contributed by atoms with E-state index in [0.29, 0.717) is 35.1 Å². The summed E-state index contributed by atoms with van der Waals surface area (Å²) in [7, 11) is -4.26. The van der Waals surface area contributed by atoms with Crippen LogP contribution in [0, 0.1) is 5.92 Å². The van der Waals surface area contributed by atoms with Crippen LogP contribution in [0.2, 0.25) is 0 Å². The largest absolute Gasteiger partial charge is 0.459 e. The van der Waals surface area contributed by atoms with E-state index in [9.17, 15) is 22.8 Å². The summed E-state index contributed by atoms with van der Waals surface area (Å²) in [5, 5.41) is 3.89. The predicted molar refractivity (Wildman–Crippen MR) is 148 cm³/mol. The van der Waals surface area contributed by atoms with E-state index in [2.05, 4.69) is 10.0 Å². The zero-order valence-electron chi connectivity index (χ0n) is 21.6. The molecule has 9 nitrogen and oxygen atoms in total. The Kier molecular flexibility index (Phi) is 8.46. The highest BCUT2D eigenvalue weighted by Gasteiger charge is 2.33. The molecule has 0 aliphatic rings. The Balaban J connectivity index is 1.56. The average molecular weight is 548 g/mol. The van der Waals surface area contributed by atoms with Gasteiger partial charge in [0.1, 0.15) is 5.92 Å². The molecule has 0 saturated carbocycles. The van der Waals surface area contributed by atoms with Gasteiger partial charge in [-0.05, 0) is 61.5 Å². The number of rotatable bonds is 10. The second-order valence-electron chi connectivity index (χ2n) is 8.84. The summed E-state index contributed by atoms with van der Waals surface area (Å²) < 4.78 is 33.8. The lowest BCUT2D eigenvalue weighted by Gasteiger charge is -2.25. The van der Waals surface area contributed by atoms with Crippen LogP contribution in [0.15, 0.2) is 94.4 Å². The number of nitrogens with zero attached hydrogens (tertiary/aromatic N) is 1. The summed E-state index contributed by atoms with van der Waals surface area (Å²) in [5.74, 6) is -2.91. The smallest absolute Gasteiger partial charge is 0.291 e. The summed E-state index contributed by atoms with van der Waals surface area (Å²) in [4.78, 5) is 40.4. The fourth-order valence-electron chi connectivity index (χ4n) is 4.30. The molecule has 0 bridgehead atoms. The van der Waals surface area contributed by atoms with E-state index in [-0.39, 0.29) is 17.1 Å². The van der Waals surface area contributed by atoms with Crippen LogP contribution >= 0.6 is 0 Å². The molecule has 4 rings (SSSR count). The van der Waals surface area contributed by atoms with Gasteiger partial charge >= 0.3 is 0 Å². The minimum atomic E-state index is -4.26. The van der Waals surface area contributed by atoms with E-state index in [0.717, 1.165) is 0 Å². The molecule has 0 aliphatic heterocycles. The molecule has 3 amide bonds. The number of nitrogens with one attached hydrogen (secondary N) is 2. The first-order valence-electron chi connectivity index (χ1n) is 12.5. The van der Waals surface area contributed by atoms with Crippen molar-refractivity contribution >= 4 is 44.2 Å². The number of hydrogen-bond acceptors (Lipinski definition) is 6. The van der Waals surface area contributed by atoms with Gasteiger partial charge in [-0.2, -0.15) is 0 Å². The third kappa shape index (κ3) is 6.35. The number of amides is 3. The molecule has 0 spiro atoms. The van der Waals surface area contributed by atoms with Crippen molar-refractivity contribution in [2.75, 3.05) is 18.4 Å². The number of carbonyl (C=O) groups excluding carboxylic acids is 3. The van der Waals surface area contributed by atoms with Crippen LogP contribution in [0.1, 0.15) is 30.0 Å². The predicted octanol–water partition coefficient (Wildman–Crippen LogP) is 4.22. The molecule has 10 heteroatoms. The van der Waals surface area contributed by atoms with Crippen molar-refractivity contribution in [3.63, 3.8) is 0 Å². The Hall–Kier alpha value is -4.44. The number of carbonyl (C=O) groups is 3. The van der Waals surface area contributed by atoms with Gasteiger partial charge in [0.05, 0.1) is 11.2 Å². The average Bonchev–Trinajstić information content (AvgIpc) is 3.48. The van der Waals surface area contributed by atoms with E-state index in [1.807, 2.05) is 0 Å². The van der Waals surface area contributed by atoms with E-state index in [1.54, 1.807) is 80.6 Å². The van der Waals surface area contributed by atoms with Crippen LogP contribution in [0.5, 0.6) is 0 Å². The standard InChI is InChI=1S/C29H29N3O6S/c1-3-32(4-2)29(35)24(19-20-14-16-22(17-15-20)30-28(34)25-12-8-18-38-25)27(33)31-39(36,37)26-13-7-10-21-9-5-6-11-23(21)26/h5-18,24H,3-4,19H2,1-2H3,(H,30,34)(H,31,33)/t24-/m1/s1. The topological polar surface area (TPSA) is 126 Å². The second-order valence-corrected chi connectivity index (χ2v) is 10.5. The van der Waals surface area contributed by atoms with Gasteiger partial charge in [-0.1, -0.05) is 48.5 Å². The Bertz CT molecular complexity index is 1570. The molecule has 0 fully saturated rings. The maximum Gasteiger partial charge on any atom is 0.291 e. The molecule has 39 heavy (non-hydrogen) atoms. The molecule has 3 aromatic carbocycles. The highest BCUT2D eigenvalue weighted by Crippen LogP contribution is 2.24. The number of benzene rings is 3. The summed E-state index contributed by atoms with van der Waals surface area (Å²) in [6.07, 6.45) is 1.37. The zero-order valence-corrected chi connectivity index (χ0v) is 22.4. The van der Waals surface area contributed by atoms with Crippen molar-refractivity contribution in [1.29, 1.82) is 0 Å². The van der Waals surface area contributed by atoms with Crippen LogP contribution in [-0.2, 0) is 26.0 Å². The lowest BCUT2D eigenvalue weighted by molar-refractivity contribution is -0.141. The van der Waals surface area contributed by atoms with Crippen LogP contribution in [0.4, 0.5) is 5.69 Å². The molecule has 4 aromatic rings. The number of fused-ring (bicyclic) bond motifs is 1. The first-order valence-corrected chi connectivity index (χ1v) is 14.0. The molecule has 202 valence electrons. The third-order valence-corrected chi connectivity index (χ3v) is 7.77. The van der Waals surface area contributed by atoms with Gasteiger partial charge in [-0.15, -0.1) is 0 Å². The van der Waals surface area contributed by atoms with Crippen LogP contribution in [0.25, 0.3) is 10.8 Å². The monoisotopic (exact) mass is 547 g/mol. The maximum absolute atomic E-state index is 13.4. The molecule has 1 aromatic heterocycles. The van der Waals surface area contributed by atoms with Crippen molar-refractivity contribution in [3.8, 4) is 0 Å². The number of anilines is 1. The molecule has 1 atom stereocenters. The summed E-state index contributed by atoms with van der Waals surface area (Å²) in [6.45, 7) is 4.32. The Morgan fingerprint density at radius 2 is 1.56 bits per heavy atom. The van der Waals surface area contributed by atoms with Crippen LogP contribution < -0.4 is 10.0 Å². The van der Waals surface area contributed by atoms with Gasteiger partial charge in [-0.25, -0.2) is 13.1 Å². The van der Waals surface area contributed by atoms with Gasteiger partial charge in [0.25, 0.3) is 15.9 Å². The molecule has 2 N–H and O–H groups in total. The number of hydrogen-bond donors (Lipinski definition) is 2. The highest BCUT2D eigenvalue weighted by atomic mass is 32.2. The highest BCUT2D eigenvalue weighted by molar-refractivity contribution is 7.90. The molecular formula is C29H29N3O6S. The maximum atomic E-state index is 13.4. The Morgan fingerprint density at radius 1 is 0.872 bits per heavy atom. The molecule has 0 aliphatic carbocycles. The first kappa shape index (κ1) is 27.6. The first-order chi connectivity index (χ1) is 18.7. The quantitative estimate of drug-likeness (QED) is 0.287. The normalized spacial score (nSPS) is 12.1. The van der Waals surface area contributed by atoms with Crippen molar-refractivity contribution in [2.45, 2.75) is 25.2 Å². The van der Waals surface area contributed by atoms with E-state index in [4.69, 9.17) is 4.42 Å². The van der Waals surface area contributed by atoms with Crippen molar-refractivity contribution in [2.24, 2.45) is 5.92 Å². The van der Waals surface area contributed by atoms with Crippen molar-refractivity contribution in [3.05, 3.63) is 96.4 Å². The molecular weight excluding hydrogens is 518 g/mol. The summed E-state index contributed by atoms with van der Waals surface area (Å²) in [5.41, 5.74) is 1.11. The lowest BCUT2D eigenvalue weighted by atomic mass is 9.97. The van der Waals surface area contributed by atoms with Gasteiger partial charge in [0.2, 0.25) is 11.8 Å². The van der Waals surface area contributed by atoms with Crippen LogP contribution in [0.3, 0.4) is 0 Å². The Morgan fingerprint density at radius 3 is 2.23 bits per heavy atom. The fourth-order valence-corrected chi connectivity index (χ4v) is 5.55. The van der Waals surface area contributed by atoms with Gasteiger partial charge in [-0.3, -0.25) is 14.4 Å². The molecule has 0 radical (unpaired) electrons. The third-order valence-electron chi connectivity index (χ3n) is 6.36. The number of sulfonamides is 1. The van der Waals surface area contributed by atoms with Crippen molar-refractivity contribution in [1.82, 2.24) is 9.62 Å². The van der Waals surface area contributed by atoms with Crippen LogP contribution in [-0.4, -0.2) is 44.1 Å². The number of furan rings is 1. The second kappa shape index (κ2) is 12.0. The van der Waals surface area contributed by atoms with Crippen molar-refractivity contribution < 1.29 is 27.2 Å². The SMILES string of the molecule is CCN(CC)C(=O)[C@H](Cc1ccc(NC(=O)c2ccco2)cc1)C(=O)NS(=O)(=O)c1cccc2ccccc12. The molecule has 0 unspecified atom stereocenters. The minimum absolute atomic E-state index is 0.0291. The lowest BCUT2D eigenvalue weighted by Crippen LogP contribution is -2.46. The van der Waals surface area contributed by atoms with E-state index in [1.165, 1.54) is 23.3 Å². The van der Waals surface area contributed by atoms with E-state index >= 15 is 0 Å². The minimum Gasteiger partial charge on any atom is -0.459 e. The summed E-state index contributed by atoms with van der Waals surface area (Å²) >= 11 is 0. The fraction of sp³-hybridized carbons (Fsp3) is 0.207.